The molecule has 1 N–H and O–H groups in total. The molecule has 0 amide bonds. The molecule has 1 aromatic rings. The Kier molecular flexibility index (Phi) is 3.70. The van der Waals surface area contributed by atoms with Gasteiger partial charge < -0.3 is 5.32 Å². The van der Waals surface area contributed by atoms with Gasteiger partial charge in [0.2, 0.25) is 0 Å². The minimum atomic E-state index is 0.633. The van der Waals surface area contributed by atoms with Gasteiger partial charge in [0.05, 0.1) is 0 Å². The molecule has 82 valence electrons. The van der Waals surface area contributed by atoms with E-state index in [1.807, 2.05) is 6.07 Å². The van der Waals surface area contributed by atoms with Crippen LogP contribution < -0.4 is 5.32 Å². The summed E-state index contributed by atoms with van der Waals surface area (Å²) in [6.07, 6.45) is 3.67. The molecule has 0 saturated carbocycles. The molecule has 0 spiro atoms. The van der Waals surface area contributed by atoms with Gasteiger partial charge in [0.1, 0.15) is 0 Å². The van der Waals surface area contributed by atoms with E-state index in [1.54, 1.807) is 0 Å². The van der Waals surface area contributed by atoms with Crippen LogP contribution >= 0.6 is 27.5 Å². The van der Waals surface area contributed by atoms with Gasteiger partial charge in [0, 0.05) is 15.5 Å². The molecule has 1 unspecified atom stereocenters. The molecular weight excluding hydrogens is 273 g/mol. The van der Waals surface area contributed by atoms with Crippen LogP contribution in [0.5, 0.6) is 0 Å². The Hall–Kier alpha value is -0.0500. The summed E-state index contributed by atoms with van der Waals surface area (Å²) in [7, 11) is 0. The van der Waals surface area contributed by atoms with Crippen LogP contribution in [0.3, 0.4) is 0 Å². The van der Waals surface area contributed by atoms with E-state index < -0.39 is 0 Å². The van der Waals surface area contributed by atoms with E-state index in [0.29, 0.717) is 6.04 Å². The Morgan fingerprint density at radius 2 is 2.33 bits per heavy atom. The average Bonchev–Trinajstić information content (AvgIpc) is 2.66. The summed E-state index contributed by atoms with van der Waals surface area (Å²) in [4.78, 5) is 0. The van der Waals surface area contributed by atoms with Crippen molar-refractivity contribution < 1.29 is 0 Å². The molecule has 1 aliphatic rings. The Labute approximate surface area is 104 Å². The fourth-order valence-electron chi connectivity index (χ4n) is 2.11. The summed E-state index contributed by atoms with van der Waals surface area (Å²) in [6.45, 7) is 3.25. The van der Waals surface area contributed by atoms with Crippen molar-refractivity contribution in [3.05, 3.63) is 32.8 Å². The van der Waals surface area contributed by atoms with E-state index in [-0.39, 0.29) is 0 Å². The van der Waals surface area contributed by atoms with Gasteiger partial charge in [-0.15, -0.1) is 0 Å². The molecule has 1 aromatic carbocycles. The third-order valence-corrected chi connectivity index (χ3v) is 3.90. The Morgan fingerprint density at radius 1 is 1.53 bits per heavy atom. The number of halogens is 2. The molecule has 1 heterocycles. The SMILES string of the molecule is Cc1c(Cl)cc(Br)cc1CC1CCCN1. The van der Waals surface area contributed by atoms with Gasteiger partial charge in [0.25, 0.3) is 0 Å². The largest absolute Gasteiger partial charge is 0.314 e. The highest BCUT2D eigenvalue weighted by molar-refractivity contribution is 9.10. The Morgan fingerprint density at radius 3 is 3.00 bits per heavy atom. The van der Waals surface area contributed by atoms with Crippen molar-refractivity contribution in [2.75, 3.05) is 6.54 Å². The van der Waals surface area contributed by atoms with Gasteiger partial charge in [-0.25, -0.2) is 0 Å². The molecule has 0 aliphatic carbocycles. The Balaban J connectivity index is 2.19. The molecule has 0 aromatic heterocycles. The first-order chi connectivity index (χ1) is 7.16. The summed E-state index contributed by atoms with van der Waals surface area (Å²) in [6, 6.07) is 4.78. The monoisotopic (exact) mass is 287 g/mol. The summed E-state index contributed by atoms with van der Waals surface area (Å²) in [5, 5.41) is 4.37. The van der Waals surface area contributed by atoms with E-state index in [2.05, 4.69) is 34.2 Å². The fraction of sp³-hybridized carbons (Fsp3) is 0.500. The lowest BCUT2D eigenvalue weighted by atomic mass is 10.0. The van der Waals surface area contributed by atoms with E-state index in [9.17, 15) is 0 Å². The predicted molar refractivity (Wildman–Crippen MR) is 68.6 cm³/mol. The summed E-state index contributed by atoms with van der Waals surface area (Å²) in [5.41, 5.74) is 2.57. The van der Waals surface area contributed by atoms with Gasteiger partial charge in [-0.1, -0.05) is 27.5 Å². The van der Waals surface area contributed by atoms with Gasteiger partial charge in [-0.05, 0) is 56.0 Å². The van der Waals surface area contributed by atoms with Crippen LogP contribution in [0.25, 0.3) is 0 Å². The summed E-state index contributed by atoms with van der Waals surface area (Å²) < 4.78 is 1.08. The first-order valence-corrected chi connectivity index (χ1v) is 6.52. The third kappa shape index (κ3) is 2.74. The highest BCUT2D eigenvalue weighted by Crippen LogP contribution is 2.26. The standard InChI is InChI=1S/C12H15BrClN/c1-8-9(5-10(13)7-12(8)14)6-11-3-2-4-15-11/h5,7,11,15H,2-4,6H2,1H3. The molecule has 1 atom stereocenters. The second kappa shape index (κ2) is 4.86. The minimum Gasteiger partial charge on any atom is -0.314 e. The van der Waals surface area contributed by atoms with Gasteiger partial charge >= 0.3 is 0 Å². The lowest BCUT2D eigenvalue weighted by Gasteiger charge is -2.13. The molecule has 15 heavy (non-hydrogen) atoms. The van der Waals surface area contributed by atoms with Crippen LogP contribution in [-0.4, -0.2) is 12.6 Å². The first kappa shape index (κ1) is 11.4. The van der Waals surface area contributed by atoms with E-state index in [4.69, 9.17) is 11.6 Å². The average molecular weight is 289 g/mol. The maximum absolute atomic E-state index is 6.15. The highest BCUT2D eigenvalue weighted by Gasteiger charge is 2.16. The molecule has 1 fully saturated rings. The van der Waals surface area contributed by atoms with Crippen molar-refractivity contribution in [2.45, 2.75) is 32.2 Å². The summed E-state index contributed by atoms with van der Waals surface area (Å²) >= 11 is 9.65. The lowest BCUT2D eigenvalue weighted by Crippen LogP contribution is -2.24. The van der Waals surface area contributed by atoms with Crippen molar-refractivity contribution in [1.82, 2.24) is 5.32 Å². The zero-order chi connectivity index (χ0) is 10.8. The molecule has 1 nitrogen and oxygen atoms in total. The van der Waals surface area contributed by atoms with Crippen LogP contribution in [0.1, 0.15) is 24.0 Å². The van der Waals surface area contributed by atoms with E-state index in [0.717, 1.165) is 22.5 Å². The molecule has 2 rings (SSSR count). The number of benzene rings is 1. The zero-order valence-electron chi connectivity index (χ0n) is 8.82. The first-order valence-electron chi connectivity index (χ1n) is 5.34. The molecule has 0 bridgehead atoms. The number of hydrogen-bond acceptors (Lipinski definition) is 1. The van der Waals surface area contributed by atoms with Gasteiger partial charge in [-0.2, -0.15) is 0 Å². The predicted octanol–water partition coefficient (Wildman–Crippen LogP) is 3.71. The smallest absolute Gasteiger partial charge is 0.0449 e. The van der Waals surface area contributed by atoms with Crippen LogP contribution in [0.2, 0.25) is 5.02 Å². The normalized spacial score (nSPS) is 20.9. The Bertz CT molecular complexity index is 359. The third-order valence-electron chi connectivity index (χ3n) is 3.05. The molecular formula is C12H15BrClN. The maximum Gasteiger partial charge on any atom is 0.0449 e. The maximum atomic E-state index is 6.15. The zero-order valence-corrected chi connectivity index (χ0v) is 11.2. The molecule has 1 aliphatic heterocycles. The van der Waals surface area contributed by atoms with Crippen LogP contribution in [0.4, 0.5) is 0 Å². The topological polar surface area (TPSA) is 12.0 Å². The second-order valence-electron chi connectivity index (χ2n) is 4.17. The van der Waals surface area contributed by atoms with Crippen molar-refractivity contribution in [1.29, 1.82) is 0 Å². The van der Waals surface area contributed by atoms with Crippen molar-refractivity contribution >= 4 is 27.5 Å². The number of rotatable bonds is 2. The van der Waals surface area contributed by atoms with Crippen molar-refractivity contribution in [2.24, 2.45) is 0 Å². The summed E-state index contributed by atoms with van der Waals surface area (Å²) in [5.74, 6) is 0. The fourth-order valence-corrected chi connectivity index (χ4v) is 2.98. The van der Waals surface area contributed by atoms with Crippen molar-refractivity contribution in [3.63, 3.8) is 0 Å². The van der Waals surface area contributed by atoms with Gasteiger partial charge in [-0.3, -0.25) is 0 Å². The van der Waals surface area contributed by atoms with Crippen LogP contribution in [0.15, 0.2) is 16.6 Å². The van der Waals surface area contributed by atoms with Crippen LogP contribution in [0, 0.1) is 6.92 Å². The van der Waals surface area contributed by atoms with Gasteiger partial charge in [0.15, 0.2) is 0 Å². The minimum absolute atomic E-state index is 0.633. The van der Waals surface area contributed by atoms with Crippen LogP contribution in [-0.2, 0) is 6.42 Å². The molecule has 0 radical (unpaired) electrons. The van der Waals surface area contributed by atoms with E-state index in [1.165, 1.54) is 24.0 Å². The number of hydrogen-bond donors (Lipinski definition) is 1. The van der Waals surface area contributed by atoms with Crippen molar-refractivity contribution in [3.8, 4) is 0 Å². The quantitative estimate of drug-likeness (QED) is 0.875. The second-order valence-corrected chi connectivity index (χ2v) is 5.49. The lowest BCUT2D eigenvalue weighted by molar-refractivity contribution is 0.601. The molecule has 3 heteroatoms. The van der Waals surface area contributed by atoms with E-state index >= 15 is 0 Å². The molecule has 1 saturated heterocycles. The highest BCUT2D eigenvalue weighted by atomic mass is 79.9. The number of nitrogens with one attached hydrogen (secondary N) is 1.